The second-order valence-corrected chi connectivity index (χ2v) is 5.30. The topological polar surface area (TPSA) is 64.9 Å². The van der Waals surface area contributed by atoms with Crippen LogP contribution in [-0.2, 0) is 5.75 Å². The molecule has 0 aromatic carbocycles. The van der Waals surface area contributed by atoms with Crippen LogP contribution in [0, 0.1) is 5.92 Å². The Kier molecular flexibility index (Phi) is 4.23. The van der Waals surface area contributed by atoms with Crippen molar-refractivity contribution >= 4 is 11.8 Å². The maximum atomic E-state index is 5.68. The number of hydrogen-bond acceptors (Lipinski definition) is 5. The molecule has 2 N–H and O–H groups in total. The van der Waals surface area contributed by atoms with Crippen LogP contribution in [0.3, 0.4) is 0 Å². The Morgan fingerprint density at radius 3 is 2.75 bits per heavy atom. The van der Waals surface area contributed by atoms with Gasteiger partial charge in [-0.1, -0.05) is 5.16 Å². The number of nitrogens with two attached hydrogens (primary N) is 1. The summed E-state index contributed by atoms with van der Waals surface area (Å²) in [6, 6.07) is 0. The van der Waals surface area contributed by atoms with Gasteiger partial charge in [0, 0.05) is 5.92 Å². The maximum absolute atomic E-state index is 5.68. The van der Waals surface area contributed by atoms with Gasteiger partial charge in [-0.2, -0.15) is 16.7 Å². The molecule has 0 unspecified atom stereocenters. The average molecular weight is 241 g/mol. The lowest BCUT2D eigenvalue weighted by molar-refractivity contribution is 0.274. The summed E-state index contributed by atoms with van der Waals surface area (Å²) in [6.45, 7) is 0.814. The van der Waals surface area contributed by atoms with Crippen molar-refractivity contribution in [3.8, 4) is 0 Å². The molecule has 0 radical (unpaired) electrons. The number of nitrogens with zero attached hydrogens (tertiary/aromatic N) is 2. The quantitative estimate of drug-likeness (QED) is 0.875. The molecule has 1 heterocycles. The Morgan fingerprint density at radius 2 is 2.12 bits per heavy atom. The van der Waals surface area contributed by atoms with Gasteiger partial charge in [-0.25, -0.2) is 0 Å². The molecule has 0 amide bonds. The van der Waals surface area contributed by atoms with E-state index >= 15 is 0 Å². The largest absolute Gasteiger partial charge is 0.339 e. The highest BCUT2D eigenvalue weighted by Gasteiger charge is 2.25. The van der Waals surface area contributed by atoms with Crippen LogP contribution in [-0.4, -0.2) is 22.9 Å². The van der Waals surface area contributed by atoms with Gasteiger partial charge in [-0.05, 0) is 44.4 Å². The van der Waals surface area contributed by atoms with Gasteiger partial charge in [-0.3, -0.25) is 0 Å². The molecule has 1 fully saturated rings. The SMILES string of the molecule is CSCc1noc(C2CCC(CN)CC2)n1. The fraction of sp³-hybridized carbons (Fsp3) is 0.818. The lowest BCUT2D eigenvalue weighted by Gasteiger charge is -2.24. The highest BCUT2D eigenvalue weighted by molar-refractivity contribution is 7.97. The lowest BCUT2D eigenvalue weighted by Crippen LogP contribution is -2.20. The first-order valence-electron chi connectivity index (χ1n) is 5.85. The van der Waals surface area contributed by atoms with Crippen molar-refractivity contribution in [2.75, 3.05) is 12.8 Å². The Labute approximate surface area is 100 Å². The van der Waals surface area contributed by atoms with E-state index in [2.05, 4.69) is 10.1 Å². The third-order valence-corrected chi connectivity index (χ3v) is 3.83. The van der Waals surface area contributed by atoms with Crippen LogP contribution in [0.5, 0.6) is 0 Å². The van der Waals surface area contributed by atoms with E-state index in [0.717, 1.165) is 36.9 Å². The van der Waals surface area contributed by atoms with Crippen molar-refractivity contribution in [3.63, 3.8) is 0 Å². The summed E-state index contributed by atoms with van der Waals surface area (Å²) >= 11 is 1.72. The summed E-state index contributed by atoms with van der Waals surface area (Å²) in [7, 11) is 0. The van der Waals surface area contributed by atoms with Gasteiger partial charge < -0.3 is 10.3 Å². The predicted molar refractivity (Wildman–Crippen MR) is 65.3 cm³/mol. The van der Waals surface area contributed by atoms with Crippen molar-refractivity contribution in [3.05, 3.63) is 11.7 Å². The minimum absolute atomic E-state index is 0.464. The second-order valence-electron chi connectivity index (χ2n) is 4.44. The van der Waals surface area contributed by atoms with Gasteiger partial charge in [0.15, 0.2) is 5.82 Å². The molecule has 1 aromatic rings. The first kappa shape index (κ1) is 11.9. The summed E-state index contributed by atoms with van der Waals surface area (Å²) in [6.07, 6.45) is 6.72. The molecule has 0 atom stereocenters. The third-order valence-electron chi connectivity index (χ3n) is 3.29. The van der Waals surface area contributed by atoms with Crippen LogP contribution in [0.1, 0.15) is 43.3 Å². The molecule has 1 aliphatic rings. The monoisotopic (exact) mass is 241 g/mol. The summed E-state index contributed by atoms with van der Waals surface area (Å²) in [5, 5.41) is 3.99. The van der Waals surface area contributed by atoms with Crippen molar-refractivity contribution < 1.29 is 4.52 Å². The van der Waals surface area contributed by atoms with Gasteiger partial charge in [0.25, 0.3) is 0 Å². The van der Waals surface area contributed by atoms with Crippen molar-refractivity contribution in [2.24, 2.45) is 11.7 Å². The lowest BCUT2D eigenvalue weighted by atomic mass is 9.82. The van der Waals surface area contributed by atoms with E-state index in [4.69, 9.17) is 10.3 Å². The van der Waals surface area contributed by atoms with Gasteiger partial charge in [0.2, 0.25) is 5.89 Å². The maximum Gasteiger partial charge on any atom is 0.229 e. The molecular formula is C11H19N3OS. The smallest absolute Gasteiger partial charge is 0.229 e. The molecule has 1 saturated carbocycles. The Morgan fingerprint density at radius 1 is 1.38 bits per heavy atom. The molecule has 16 heavy (non-hydrogen) atoms. The Hall–Kier alpha value is -0.550. The van der Waals surface area contributed by atoms with Crippen LogP contribution in [0.4, 0.5) is 0 Å². The molecule has 0 bridgehead atoms. The van der Waals surface area contributed by atoms with Crippen LogP contribution in [0.25, 0.3) is 0 Å². The van der Waals surface area contributed by atoms with Crippen LogP contribution in [0.2, 0.25) is 0 Å². The molecule has 4 nitrogen and oxygen atoms in total. The average Bonchev–Trinajstić information content (AvgIpc) is 2.78. The summed E-state index contributed by atoms with van der Waals surface area (Å²) in [4.78, 5) is 4.44. The number of hydrogen-bond donors (Lipinski definition) is 1. The third kappa shape index (κ3) is 2.77. The predicted octanol–water partition coefficient (Wildman–Crippen LogP) is 2.17. The van der Waals surface area contributed by atoms with E-state index in [-0.39, 0.29) is 0 Å². The molecular weight excluding hydrogens is 222 g/mol. The second kappa shape index (κ2) is 5.68. The zero-order valence-corrected chi connectivity index (χ0v) is 10.5. The summed E-state index contributed by atoms with van der Waals surface area (Å²) < 4.78 is 5.32. The van der Waals surface area contributed by atoms with E-state index in [1.165, 1.54) is 12.8 Å². The fourth-order valence-electron chi connectivity index (χ4n) is 2.27. The van der Waals surface area contributed by atoms with E-state index in [0.29, 0.717) is 11.8 Å². The number of rotatable bonds is 4. The van der Waals surface area contributed by atoms with E-state index in [1.54, 1.807) is 11.8 Å². The highest BCUT2D eigenvalue weighted by Crippen LogP contribution is 2.34. The molecule has 1 aliphatic carbocycles. The van der Waals surface area contributed by atoms with Crippen molar-refractivity contribution in [1.82, 2.24) is 10.1 Å². The zero-order valence-electron chi connectivity index (χ0n) is 9.69. The summed E-state index contributed by atoms with van der Waals surface area (Å²) in [5.74, 6) is 3.65. The normalized spacial score (nSPS) is 25.9. The van der Waals surface area contributed by atoms with E-state index < -0.39 is 0 Å². The Balaban J connectivity index is 1.92. The van der Waals surface area contributed by atoms with Crippen LogP contribution >= 0.6 is 11.8 Å². The van der Waals surface area contributed by atoms with E-state index in [9.17, 15) is 0 Å². The molecule has 2 rings (SSSR count). The van der Waals surface area contributed by atoms with Gasteiger partial charge in [-0.15, -0.1) is 0 Å². The first-order chi connectivity index (χ1) is 7.83. The van der Waals surface area contributed by atoms with Crippen molar-refractivity contribution in [1.29, 1.82) is 0 Å². The van der Waals surface area contributed by atoms with E-state index in [1.807, 2.05) is 6.26 Å². The van der Waals surface area contributed by atoms with Crippen LogP contribution < -0.4 is 5.73 Å². The molecule has 0 spiro atoms. The number of aromatic nitrogens is 2. The molecule has 0 aliphatic heterocycles. The molecule has 5 heteroatoms. The van der Waals surface area contributed by atoms with Crippen LogP contribution in [0.15, 0.2) is 4.52 Å². The minimum atomic E-state index is 0.464. The minimum Gasteiger partial charge on any atom is -0.339 e. The molecule has 0 saturated heterocycles. The zero-order chi connectivity index (χ0) is 11.4. The molecule has 1 aromatic heterocycles. The van der Waals surface area contributed by atoms with Gasteiger partial charge >= 0.3 is 0 Å². The standard InChI is InChI=1S/C11H19N3OS/c1-16-7-10-13-11(15-14-10)9-4-2-8(6-12)3-5-9/h8-9H,2-7,12H2,1H3. The molecule has 90 valence electrons. The van der Waals surface area contributed by atoms with Crippen molar-refractivity contribution in [2.45, 2.75) is 37.4 Å². The summed E-state index contributed by atoms with van der Waals surface area (Å²) in [5.41, 5.74) is 5.68. The van der Waals surface area contributed by atoms with Gasteiger partial charge in [0.05, 0.1) is 5.75 Å². The fourth-order valence-corrected chi connectivity index (χ4v) is 2.64. The number of thioether (sulfide) groups is 1. The first-order valence-corrected chi connectivity index (χ1v) is 7.24. The highest BCUT2D eigenvalue weighted by atomic mass is 32.2. The van der Waals surface area contributed by atoms with Gasteiger partial charge in [0.1, 0.15) is 0 Å². The Bertz CT molecular complexity index is 321.